The molecule has 1 heterocycles. The van der Waals surface area contributed by atoms with Crippen LogP contribution in [0, 0.1) is 6.92 Å². The summed E-state index contributed by atoms with van der Waals surface area (Å²) >= 11 is 6.16. The van der Waals surface area contributed by atoms with E-state index in [0.717, 1.165) is 42.0 Å². The minimum absolute atomic E-state index is 0.142. The van der Waals surface area contributed by atoms with Gasteiger partial charge in [0.2, 0.25) is 0 Å². The van der Waals surface area contributed by atoms with Gasteiger partial charge in [-0.25, -0.2) is 4.99 Å². The Morgan fingerprint density at radius 3 is 2.81 bits per heavy atom. The van der Waals surface area contributed by atoms with E-state index in [1.54, 1.807) is 0 Å². The quantitative estimate of drug-likeness (QED) is 0.445. The molecule has 138 valence electrons. The summed E-state index contributed by atoms with van der Waals surface area (Å²) in [6.07, 6.45) is 4.11. The van der Waals surface area contributed by atoms with Crippen LogP contribution in [0.1, 0.15) is 30.1 Å². The summed E-state index contributed by atoms with van der Waals surface area (Å²) in [7, 11) is 1.95. The van der Waals surface area contributed by atoms with Gasteiger partial charge in [0, 0.05) is 30.6 Å². The molecule has 0 spiro atoms. The SMILES string of the molecule is C=CCNC(=NCc1nnc(C)n1C)NCC1(c2cccc(Cl)c2)CC1. The van der Waals surface area contributed by atoms with Gasteiger partial charge in [-0.2, -0.15) is 0 Å². The van der Waals surface area contributed by atoms with Crippen LogP contribution in [0.25, 0.3) is 0 Å². The van der Waals surface area contributed by atoms with E-state index in [9.17, 15) is 0 Å². The van der Waals surface area contributed by atoms with E-state index >= 15 is 0 Å². The van der Waals surface area contributed by atoms with E-state index in [1.807, 2.05) is 36.7 Å². The van der Waals surface area contributed by atoms with Crippen molar-refractivity contribution in [3.05, 3.63) is 59.2 Å². The van der Waals surface area contributed by atoms with E-state index in [1.165, 1.54) is 5.56 Å². The summed E-state index contributed by atoms with van der Waals surface area (Å²) in [5.74, 6) is 2.46. The molecule has 0 bridgehead atoms. The average molecular weight is 373 g/mol. The maximum absolute atomic E-state index is 6.16. The number of rotatable bonds is 7. The fourth-order valence-electron chi connectivity index (χ4n) is 2.87. The van der Waals surface area contributed by atoms with Crippen LogP contribution in [0.2, 0.25) is 5.02 Å². The number of halogens is 1. The molecule has 6 nitrogen and oxygen atoms in total. The highest BCUT2D eigenvalue weighted by atomic mass is 35.5. The Kier molecular flexibility index (Phi) is 5.61. The van der Waals surface area contributed by atoms with Gasteiger partial charge in [0.15, 0.2) is 11.8 Å². The number of nitrogens with one attached hydrogen (secondary N) is 2. The Morgan fingerprint density at radius 1 is 1.38 bits per heavy atom. The second-order valence-corrected chi connectivity index (χ2v) is 7.14. The Balaban J connectivity index is 1.67. The zero-order valence-electron chi connectivity index (χ0n) is 15.3. The average Bonchev–Trinajstić information content (AvgIpc) is 3.37. The van der Waals surface area contributed by atoms with E-state index in [0.29, 0.717) is 13.1 Å². The summed E-state index contributed by atoms with van der Waals surface area (Å²) in [6, 6.07) is 8.14. The molecule has 0 unspecified atom stereocenters. The summed E-state index contributed by atoms with van der Waals surface area (Å²) in [5, 5.41) is 15.7. The van der Waals surface area contributed by atoms with Crippen molar-refractivity contribution in [3.63, 3.8) is 0 Å². The molecule has 2 N–H and O–H groups in total. The van der Waals surface area contributed by atoms with Crippen molar-refractivity contribution in [3.8, 4) is 0 Å². The number of nitrogens with zero attached hydrogens (tertiary/aromatic N) is 4. The van der Waals surface area contributed by atoms with Crippen LogP contribution in [-0.2, 0) is 19.0 Å². The molecule has 0 aliphatic heterocycles. The van der Waals surface area contributed by atoms with Crippen molar-refractivity contribution >= 4 is 17.6 Å². The first kappa shape index (κ1) is 18.5. The number of aryl methyl sites for hydroxylation is 1. The molecule has 7 heteroatoms. The molecule has 1 aromatic carbocycles. The van der Waals surface area contributed by atoms with Crippen molar-refractivity contribution in [2.45, 2.75) is 31.7 Å². The Labute approximate surface area is 159 Å². The summed E-state index contributed by atoms with van der Waals surface area (Å²) in [4.78, 5) is 4.64. The van der Waals surface area contributed by atoms with Gasteiger partial charge in [0.05, 0.1) is 0 Å². The van der Waals surface area contributed by atoms with Crippen LogP contribution in [0.15, 0.2) is 41.9 Å². The maximum Gasteiger partial charge on any atom is 0.191 e. The van der Waals surface area contributed by atoms with Crippen LogP contribution in [-0.4, -0.2) is 33.8 Å². The van der Waals surface area contributed by atoms with Gasteiger partial charge in [0.25, 0.3) is 0 Å². The van der Waals surface area contributed by atoms with Crippen molar-refractivity contribution in [1.29, 1.82) is 0 Å². The molecule has 1 saturated carbocycles. The first-order chi connectivity index (χ1) is 12.5. The number of aliphatic imine (C=N–C) groups is 1. The van der Waals surface area contributed by atoms with Crippen LogP contribution < -0.4 is 10.6 Å². The zero-order chi connectivity index (χ0) is 18.6. The fraction of sp³-hybridized carbons (Fsp3) is 0.421. The highest BCUT2D eigenvalue weighted by molar-refractivity contribution is 6.30. The van der Waals surface area contributed by atoms with E-state index < -0.39 is 0 Å². The molecular weight excluding hydrogens is 348 g/mol. The van der Waals surface area contributed by atoms with Gasteiger partial charge in [-0.1, -0.05) is 29.8 Å². The lowest BCUT2D eigenvalue weighted by Crippen LogP contribution is -2.41. The summed E-state index contributed by atoms with van der Waals surface area (Å²) in [5.41, 5.74) is 1.42. The molecule has 2 aromatic rings. The van der Waals surface area contributed by atoms with Gasteiger partial charge in [0.1, 0.15) is 12.4 Å². The molecule has 1 aliphatic carbocycles. The van der Waals surface area contributed by atoms with Crippen LogP contribution in [0.4, 0.5) is 0 Å². The third-order valence-corrected chi connectivity index (χ3v) is 5.10. The number of aromatic nitrogens is 3. The van der Waals surface area contributed by atoms with Crippen LogP contribution in [0.3, 0.4) is 0 Å². The molecule has 1 aliphatic rings. The molecule has 0 atom stereocenters. The van der Waals surface area contributed by atoms with Crippen LogP contribution >= 0.6 is 11.6 Å². The molecule has 26 heavy (non-hydrogen) atoms. The predicted octanol–water partition coefficient (Wildman–Crippen LogP) is 2.73. The number of hydrogen-bond acceptors (Lipinski definition) is 3. The van der Waals surface area contributed by atoms with Gasteiger partial charge in [-0.3, -0.25) is 0 Å². The largest absolute Gasteiger partial charge is 0.355 e. The first-order valence-electron chi connectivity index (χ1n) is 8.78. The number of benzene rings is 1. The van der Waals surface area contributed by atoms with E-state index in [4.69, 9.17) is 11.6 Å². The molecule has 1 fully saturated rings. The Bertz CT molecular complexity index is 806. The monoisotopic (exact) mass is 372 g/mol. The second kappa shape index (κ2) is 7.91. The second-order valence-electron chi connectivity index (χ2n) is 6.70. The van der Waals surface area contributed by atoms with Crippen molar-refractivity contribution < 1.29 is 0 Å². The maximum atomic E-state index is 6.16. The molecule has 0 saturated heterocycles. The minimum Gasteiger partial charge on any atom is -0.355 e. The van der Waals surface area contributed by atoms with Crippen molar-refractivity contribution in [2.24, 2.45) is 12.0 Å². The lowest BCUT2D eigenvalue weighted by atomic mass is 9.96. The van der Waals surface area contributed by atoms with Gasteiger partial charge in [-0.15, -0.1) is 16.8 Å². The topological polar surface area (TPSA) is 67.1 Å². The van der Waals surface area contributed by atoms with Gasteiger partial charge >= 0.3 is 0 Å². The van der Waals surface area contributed by atoms with Gasteiger partial charge in [-0.05, 0) is 37.5 Å². The van der Waals surface area contributed by atoms with E-state index in [2.05, 4.69) is 44.5 Å². The van der Waals surface area contributed by atoms with Crippen molar-refractivity contribution in [1.82, 2.24) is 25.4 Å². The van der Waals surface area contributed by atoms with E-state index in [-0.39, 0.29) is 5.41 Å². The third kappa shape index (κ3) is 4.25. The Morgan fingerprint density at radius 2 is 2.19 bits per heavy atom. The molecular formula is C19H25ClN6. The molecule has 0 radical (unpaired) electrons. The van der Waals surface area contributed by atoms with Crippen molar-refractivity contribution in [2.75, 3.05) is 13.1 Å². The zero-order valence-corrected chi connectivity index (χ0v) is 16.1. The summed E-state index contributed by atoms with van der Waals surface area (Å²) < 4.78 is 1.95. The molecule has 3 rings (SSSR count). The molecule has 0 amide bonds. The number of guanidine groups is 1. The highest BCUT2D eigenvalue weighted by Crippen LogP contribution is 2.48. The third-order valence-electron chi connectivity index (χ3n) is 4.86. The lowest BCUT2D eigenvalue weighted by Gasteiger charge is -2.19. The lowest BCUT2D eigenvalue weighted by molar-refractivity contribution is 0.646. The van der Waals surface area contributed by atoms with Crippen LogP contribution in [0.5, 0.6) is 0 Å². The summed E-state index contributed by atoms with van der Waals surface area (Å²) in [6.45, 7) is 7.61. The van der Waals surface area contributed by atoms with Gasteiger partial charge < -0.3 is 15.2 Å². The first-order valence-corrected chi connectivity index (χ1v) is 9.16. The fourth-order valence-corrected chi connectivity index (χ4v) is 3.06. The predicted molar refractivity (Wildman–Crippen MR) is 105 cm³/mol. The number of hydrogen-bond donors (Lipinski definition) is 2. The standard InChI is InChI=1S/C19H25ClN6/c1-4-10-21-18(22-12-17-25-24-14(2)26(17)3)23-13-19(8-9-19)15-6-5-7-16(20)11-15/h4-7,11H,1,8-10,12-13H2,2-3H3,(H2,21,22,23). The minimum atomic E-state index is 0.142. The molecule has 1 aromatic heterocycles. The Hall–Kier alpha value is -2.34. The smallest absolute Gasteiger partial charge is 0.191 e. The normalized spacial score (nSPS) is 15.6. The highest BCUT2D eigenvalue weighted by Gasteiger charge is 2.44.